The van der Waals surface area contributed by atoms with Gasteiger partial charge in [-0.05, 0) is 43.0 Å². The third kappa shape index (κ3) is 4.39. The van der Waals surface area contributed by atoms with E-state index in [1.807, 2.05) is 38.1 Å². The average Bonchev–Trinajstić information content (AvgIpc) is 2.56. The average molecular weight is 311 g/mol. The molecule has 0 aliphatic carbocycles. The molecule has 1 heterocycles. The Labute approximate surface area is 136 Å². The Bertz CT molecular complexity index is 696. The minimum Gasteiger partial charge on any atom is -0.341 e. The van der Waals surface area contributed by atoms with Gasteiger partial charge in [-0.2, -0.15) is 0 Å². The molecule has 2 amide bonds. The van der Waals surface area contributed by atoms with Gasteiger partial charge in [-0.3, -0.25) is 14.6 Å². The van der Waals surface area contributed by atoms with Crippen molar-refractivity contribution in [1.82, 2.24) is 10.3 Å². The van der Waals surface area contributed by atoms with Gasteiger partial charge in [0.05, 0.1) is 17.9 Å². The molecular formula is C18H21N3O2. The normalized spacial score (nSPS) is 11.6. The quantitative estimate of drug-likeness (QED) is 0.853. The van der Waals surface area contributed by atoms with E-state index in [9.17, 15) is 9.59 Å². The number of hydrogen-bond donors (Lipinski definition) is 2. The monoisotopic (exact) mass is 311 g/mol. The van der Waals surface area contributed by atoms with Crippen molar-refractivity contribution in [2.75, 3.05) is 5.32 Å². The van der Waals surface area contributed by atoms with Crippen LogP contribution in [0.25, 0.3) is 0 Å². The maximum atomic E-state index is 12.0. The van der Waals surface area contributed by atoms with E-state index in [-0.39, 0.29) is 6.04 Å². The molecule has 0 radical (unpaired) electrons. The Kier molecular flexibility index (Phi) is 5.46. The van der Waals surface area contributed by atoms with E-state index in [0.29, 0.717) is 5.69 Å². The highest BCUT2D eigenvalue weighted by Crippen LogP contribution is 2.14. The van der Waals surface area contributed by atoms with E-state index < -0.39 is 11.8 Å². The number of aryl methyl sites for hydroxylation is 2. The molecule has 0 unspecified atom stereocenters. The number of carbonyl (C=O) groups excluding carboxylic acids is 2. The second-order valence-electron chi connectivity index (χ2n) is 5.44. The molecule has 0 aliphatic rings. The van der Waals surface area contributed by atoms with Gasteiger partial charge in [0.2, 0.25) is 0 Å². The zero-order chi connectivity index (χ0) is 16.8. The third-order valence-electron chi connectivity index (χ3n) is 3.73. The van der Waals surface area contributed by atoms with Gasteiger partial charge in [0.25, 0.3) is 0 Å². The fourth-order valence-electron chi connectivity index (χ4n) is 2.16. The van der Waals surface area contributed by atoms with Crippen molar-refractivity contribution in [3.05, 3.63) is 59.4 Å². The molecule has 0 bridgehead atoms. The van der Waals surface area contributed by atoms with Crippen molar-refractivity contribution in [1.29, 1.82) is 0 Å². The number of anilines is 1. The van der Waals surface area contributed by atoms with E-state index in [1.54, 1.807) is 12.3 Å². The molecule has 0 aliphatic heterocycles. The van der Waals surface area contributed by atoms with Gasteiger partial charge in [-0.1, -0.05) is 31.2 Å². The van der Waals surface area contributed by atoms with Crippen LogP contribution in [0, 0.1) is 6.92 Å². The lowest BCUT2D eigenvalue weighted by Gasteiger charge is -2.15. The van der Waals surface area contributed by atoms with Crippen LogP contribution in [0.2, 0.25) is 0 Å². The lowest BCUT2D eigenvalue weighted by atomic mass is 10.1. The molecule has 120 valence electrons. The number of rotatable bonds is 4. The number of benzene rings is 1. The first-order chi connectivity index (χ1) is 11.0. The lowest BCUT2D eigenvalue weighted by Crippen LogP contribution is -2.37. The summed E-state index contributed by atoms with van der Waals surface area (Å²) in [6.07, 6.45) is 4.12. The van der Waals surface area contributed by atoms with Crippen LogP contribution in [0.1, 0.15) is 36.6 Å². The molecule has 2 aromatic rings. The maximum Gasteiger partial charge on any atom is 0.313 e. The predicted octanol–water partition coefficient (Wildman–Crippen LogP) is 2.77. The molecular weight excluding hydrogens is 290 g/mol. The van der Waals surface area contributed by atoms with Gasteiger partial charge in [-0.25, -0.2) is 0 Å². The zero-order valence-corrected chi connectivity index (χ0v) is 13.6. The van der Waals surface area contributed by atoms with Crippen LogP contribution in [0.5, 0.6) is 0 Å². The highest BCUT2D eigenvalue weighted by Gasteiger charge is 2.17. The number of amides is 2. The fourth-order valence-corrected chi connectivity index (χ4v) is 2.16. The molecule has 2 N–H and O–H groups in total. The summed E-state index contributed by atoms with van der Waals surface area (Å²) in [5, 5.41) is 5.27. The number of hydrogen-bond acceptors (Lipinski definition) is 3. The maximum absolute atomic E-state index is 12.0. The van der Waals surface area contributed by atoms with Gasteiger partial charge in [0.1, 0.15) is 0 Å². The minimum atomic E-state index is -0.696. The Balaban J connectivity index is 1.97. The first-order valence-corrected chi connectivity index (χ1v) is 7.62. The summed E-state index contributed by atoms with van der Waals surface area (Å²) in [4.78, 5) is 27.9. The summed E-state index contributed by atoms with van der Waals surface area (Å²) in [7, 11) is 0. The Hall–Kier alpha value is -2.69. The van der Waals surface area contributed by atoms with Crippen LogP contribution in [0.4, 0.5) is 5.69 Å². The van der Waals surface area contributed by atoms with Crippen LogP contribution in [0.15, 0.2) is 42.7 Å². The van der Waals surface area contributed by atoms with Crippen molar-refractivity contribution < 1.29 is 9.59 Å². The molecule has 0 saturated carbocycles. The highest BCUT2D eigenvalue weighted by atomic mass is 16.2. The number of nitrogens with one attached hydrogen (secondary N) is 2. The first-order valence-electron chi connectivity index (χ1n) is 7.62. The van der Waals surface area contributed by atoms with E-state index in [0.717, 1.165) is 17.5 Å². The second kappa shape index (κ2) is 7.54. The van der Waals surface area contributed by atoms with Crippen molar-refractivity contribution in [2.45, 2.75) is 33.2 Å². The van der Waals surface area contributed by atoms with Crippen molar-refractivity contribution in [3.63, 3.8) is 0 Å². The molecule has 1 aromatic carbocycles. The highest BCUT2D eigenvalue weighted by molar-refractivity contribution is 6.39. The van der Waals surface area contributed by atoms with Crippen molar-refractivity contribution in [2.24, 2.45) is 0 Å². The summed E-state index contributed by atoms with van der Waals surface area (Å²) >= 11 is 0. The second-order valence-corrected chi connectivity index (χ2v) is 5.44. The Morgan fingerprint density at radius 3 is 2.43 bits per heavy atom. The molecule has 23 heavy (non-hydrogen) atoms. The van der Waals surface area contributed by atoms with Crippen LogP contribution >= 0.6 is 0 Å². The van der Waals surface area contributed by atoms with Gasteiger partial charge < -0.3 is 10.6 Å². The smallest absolute Gasteiger partial charge is 0.313 e. The molecule has 2 rings (SSSR count). The van der Waals surface area contributed by atoms with Crippen LogP contribution in [0.3, 0.4) is 0 Å². The molecule has 5 heteroatoms. The molecule has 0 saturated heterocycles. The lowest BCUT2D eigenvalue weighted by molar-refractivity contribution is -0.136. The summed E-state index contributed by atoms with van der Waals surface area (Å²) < 4.78 is 0. The van der Waals surface area contributed by atoms with E-state index in [4.69, 9.17) is 0 Å². The number of nitrogens with zero attached hydrogens (tertiary/aromatic N) is 1. The van der Waals surface area contributed by atoms with Gasteiger partial charge in [0, 0.05) is 6.20 Å². The Morgan fingerprint density at radius 2 is 1.83 bits per heavy atom. The Morgan fingerprint density at radius 1 is 1.13 bits per heavy atom. The number of carbonyl (C=O) groups is 2. The number of aromatic nitrogens is 1. The van der Waals surface area contributed by atoms with Crippen molar-refractivity contribution in [3.8, 4) is 0 Å². The van der Waals surface area contributed by atoms with Gasteiger partial charge >= 0.3 is 11.8 Å². The first kappa shape index (κ1) is 16.7. The molecule has 0 fully saturated rings. The van der Waals surface area contributed by atoms with Crippen LogP contribution < -0.4 is 10.6 Å². The SMILES string of the molecule is CCc1ccc([C@@H](C)NC(=O)C(=O)Nc2cnccc2C)cc1. The zero-order valence-electron chi connectivity index (χ0n) is 13.6. The molecule has 0 spiro atoms. The largest absolute Gasteiger partial charge is 0.341 e. The number of pyridine rings is 1. The van der Waals surface area contributed by atoms with E-state index in [1.165, 1.54) is 11.8 Å². The van der Waals surface area contributed by atoms with Crippen LogP contribution in [-0.4, -0.2) is 16.8 Å². The van der Waals surface area contributed by atoms with E-state index >= 15 is 0 Å². The van der Waals surface area contributed by atoms with Gasteiger partial charge in [-0.15, -0.1) is 0 Å². The predicted molar refractivity (Wildman–Crippen MR) is 90.0 cm³/mol. The van der Waals surface area contributed by atoms with Gasteiger partial charge in [0.15, 0.2) is 0 Å². The summed E-state index contributed by atoms with van der Waals surface area (Å²) in [5.74, 6) is -1.36. The topological polar surface area (TPSA) is 71.1 Å². The fraction of sp³-hybridized carbons (Fsp3) is 0.278. The van der Waals surface area contributed by atoms with E-state index in [2.05, 4.69) is 22.5 Å². The van der Waals surface area contributed by atoms with Crippen molar-refractivity contribution >= 4 is 17.5 Å². The summed E-state index contributed by atoms with van der Waals surface area (Å²) in [6, 6.07) is 9.51. The molecule has 1 aromatic heterocycles. The third-order valence-corrected chi connectivity index (χ3v) is 3.73. The van der Waals surface area contributed by atoms with Crippen LogP contribution in [-0.2, 0) is 16.0 Å². The summed E-state index contributed by atoms with van der Waals surface area (Å²) in [5.41, 5.74) is 3.58. The minimum absolute atomic E-state index is 0.242. The molecule has 5 nitrogen and oxygen atoms in total. The standard InChI is InChI=1S/C18H21N3O2/c1-4-14-5-7-15(8-6-14)13(3)20-17(22)18(23)21-16-11-19-10-9-12(16)2/h5-11,13H,4H2,1-3H3,(H,20,22)(H,21,23)/t13-/m1/s1. The summed E-state index contributed by atoms with van der Waals surface area (Å²) in [6.45, 7) is 5.78. The molecule has 1 atom stereocenters.